The summed E-state index contributed by atoms with van der Waals surface area (Å²) in [7, 11) is 3.69. The summed E-state index contributed by atoms with van der Waals surface area (Å²) in [5, 5.41) is 5.94. The molecule has 1 aromatic rings. The van der Waals surface area contributed by atoms with Crippen LogP contribution in [0.4, 0.5) is 4.79 Å². The third-order valence-electron chi connectivity index (χ3n) is 4.40. The Balaban J connectivity index is 1.76. The third-order valence-corrected chi connectivity index (χ3v) is 4.40. The van der Waals surface area contributed by atoms with E-state index in [1.807, 2.05) is 49.3 Å². The summed E-state index contributed by atoms with van der Waals surface area (Å²) in [4.78, 5) is 28.2. The van der Waals surface area contributed by atoms with Crippen LogP contribution < -0.4 is 10.6 Å². The molecule has 0 saturated carbocycles. The third kappa shape index (κ3) is 5.23. The SMILES string of the molecule is CNCCNC(=O)C1CCN(C(=O)N(C)Cc2ccccc2)CC1. The van der Waals surface area contributed by atoms with Gasteiger partial charge in [-0.3, -0.25) is 4.79 Å². The molecule has 1 heterocycles. The number of amides is 3. The Morgan fingerprint density at radius 3 is 2.46 bits per heavy atom. The molecule has 1 aromatic carbocycles. The van der Waals surface area contributed by atoms with Crippen molar-refractivity contribution in [3.8, 4) is 0 Å². The molecule has 132 valence electrons. The summed E-state index contributed by atoms with van der Waals surface area (Å²) in [6, 6.07) is 10.00. The topological polar surface area (TPSA) is 64.7 Å². The first kappa shape index (κ1) is 18.3. The molecule has 2 rings (SSSR count). The molecule has 1 saturated heterocycles. The van der Waals surface area contributed by atoms with Crippen molar-refractivity contribution in [2.24, 2.45) is 5.92 Å². The van der Waals surface area contributed by atoms with Crippen LogP contribution in [0.3, 0.4) is 0 Å². The number of carbonyl (C=O) groups excluding carboxylic acids is 2. The van der Waals surface area contributed by atoms with Gasteiger partial charge in [-0.25, -0.2) is 4.79 Å². The lowest BCUT2D eigenvalue weighted by Gasteiger charge is -2.34. The van der Waals surface area contributed by atoms with Gasteiger partial charge in [0.05, 0.1) is 0 Å². The Morgan fingerprint density at radius 1 is 1.17 bits per heavy atom. The number of rotatable bonds is 6. The van der Waals surface area contributed by atoms with Gasteiger partial charge in [-0.05, 0) is 25.5 Å². The van der Waals surface area contributed by atoms with E-state index in [-0.39, 0.29) is 17.9 Å². The molecular formula is C18H28N4O2. The smallest absolute Gasteiger partial charge is 0.320 e. The highest BCUT2D eigenvalue weighted by molar-refractivity contribution is 5.79. The van der Waals surface area contributed by atoms with Gasteiger partial charge in [-0.15, -0.1) is 0 Å². The van der Waals surface area contributed by atoms with E-state index in [0.717, 1.165) is 24.9 Å². The molecule has 3 amide bonds. The second-order valence-corrected chi connectivity index (χ2v) is 6.28. The molecule has 0 radical (unpaired) electrons. The van der Waals surface area contributed by atoms with Gasteiger partial charge in [0.15, 0.2) is 0 Å². The maximum atomic E-state index is 12.5. The first-order chi connectivity index (χ1) is 11.6. The van der Waals surface area contributed by atoms with E-state index in [2.05, 4.69) is 10.6 Å². The van der Waals surface area contributed by atoms with Crippen LogP contribution in [0.15, 0.2) is 30.3 Å². The molecule has 0 atom stereocenters. The molecule has 24 heavy (non-hydrogen) atoms. The number of nitrogens with zero attached hydrogens (tertiary/aromatic N) is 2. The summed E-state index contributed by atoms with van der Waals surface area (Å²) in [5.74, 6) is 0.125. The highest BCUT2D eigenvalue weighted by Gasteiger charge is 2.28. The summed E-state index contributed by atoms with van der Waals surface area (Å²) in [6.45, 7) is 3.30. The second-order valence-electron chi connectivity index (χ2n) is 6.28. The summed E-state index contributed by atoms with van der Waals surface area (Å²) >= 11 is 0. The Labute approximate surface area is 144 Å². The van der Waals surface area contributed by atoms with Crippen LogP contribution >= 0.6 is 0 Å². The van der Waals surface area contributed by atoms with E-state index < -0.39 is 0 Å². The minimum absolute atomic E-state index is 0.0188. The van der Waals surface area contributed by atoms with E-state index >= 15 is 0 Å². The van der Waals surface area contributed by atoms with Crippen molar-refractivity contribution in [1.29, 1.82) is 0 Å². The van der Waals surface area contributed by atoms with Gasteiger partial charge in [0.1, 0.15) is 0 Å². The summed E-state index contributed by atoms with van der Waals surface area (Å²) in [6.07, 6.45) is 1.46. The summed E-state index contributed by atoms with van der Waals surface area (Å²) < 4.78 is 0. The molecule has 1 fully saturated rings. The number of hydrogen-bond acceptors (Lipinski definition) is 3. The highest BCUT2D eigenvalue weighted by atomic mass is 16.2. The lowest BCUT2D eigenvalue weighted by Crippen LogP contribution is -2.47. The number of hydrogen-bond donors (Lipinski definition) is 2. The first-order valence-corrected chi connectivity index (χ1v) is 8.58. The van der Waals surface area contributed by atoms with Gasteiger partial charge in [0, 0.05) is 45.7 Å². The standard InChI is InChI=1S/C18H28N4O2/c1-19-10-11-20-17(23)16-8-12-22(13-9-16)18(24)21(2)14-15-6-4-3-5-7-15/h3-7,16,19H,8-14H2,1-2H3,(H,20,23). The Kier molecular flexibility index (Phi) is 7.06. The number of likely N-dealkylation sites (N-methyl/N-ethyl adjacent to an activating group) is 1. The van der Waals surface area contributed by atoms with Crippen molar-refractivity contribution in [3.63, 3.8) is 0 Å². The number of benzene rings is 1. The number of carbonyl (C=O) groups is 2. The fourth-order valence-electron chi connectivity index (χ4n) is 2.95. The molecule has 0 aromatic heterocycles. The lowest BCUT2D eigenvalue weighted by molar-refractivity contribution is -0.126. The molecule has 0 unspecified atom stereocenters. The van der Waals surface area contributed by atoms with Gasteiger partial charge in [-0.1, -0.05) is 30.3 Å². The van der Waals surface area contributed by atoms with Crippen molar-refractivity contribution in [2.45, 2.75) is 19.4 Å². The Bertz CT molecular complexity index is 527. The van der Waals surface area contributed by atoms with Crippen molar-refractivity contribution in [1.82, 2.24) is 20.4 Å². The van der Waals surface area contributed by atoms with Crippen LogP contribution in [0.2, 0.25) is 0 Å². The molecule has 0 aliphatic carbocycles. The van der Waals surface area contributed by atoms with Gasteiger partial charge >= 0.3 is 6.03 Å². The molecule has 2 N–H and O–H groups in total. The minimum Gasteiger partial charge on any atom is -0.355 e. The normalized spacial score (nSPS) is 15.2. The van der Waals surface area contributed by atoms with E-state index in [1.165, 1.54) is 0 Å². The minimum atomic E-state index is 0.0188. The van der Waals surface area contributed by atoms with Crippen LogP contribution in [-0.2, 0) is 11.3 Å². The number of urea groups is 1. The predicted octanol–water partition coefficient (Wildman–Crippen LogP) is 1.29. The van der Waals surface area contributed by atoms with Crippen LogP contribution in [0, 0.1) is 5.92 Å². The fourth-order valence-corrected chi connectivity index (χ4v) is 2.95. The summed E-state index contributed by atoms with van der Waals surface area (Å²) in [5.41, 5.74) is 1.12. The Morgan fingerprint density at radius 2 is 1.83 bits per heavy atom. The second kappa shape index (κ2) is 9.27. The van der Waals surface area contributed by atoms with Gasteiger partial charge in [0.2, 0.25) is 5.91 Å². The monoisotopic (exact) mass is 332 g/mol. The number of piperidine rings is 1. The number of nitrogens with one attached hydrogen (secondary N) is 2. The zero-order valence-electron chi connectivity index (χ0n) is 14.6. The Hall–Kier alpha value is -2.08. The average molecular weight is 332 g/mol. The van der Waals surface area contributed by atoms with Gasteiger partial charge < -0.3 is 20.4 Å². The molecule has 6 heteroatoms. The van der Waals surface area contributed by atoms with Crippen molar-refractivity contribution in [2.75, 3.05) is 40.3 Å². The molecule has 1 aliphatic rings. The maximum absolute atomic E-state index is 12.5. The van der Waals surface area contributed by atoms with E-state index in [4.69, 9.17) is 0 Å². The molecular weight excluding hydrogens is 304 g/mol. The molecule has 1 aliphatic heterocycles. The zero-order valence-corrected chi connectivity index (χ0v) is 14.6. The van der Waals surface area contributed by atoms with E-state index in [9.17, 15) is 9.59 Å². The van der Waals surface area contributed by atoms with Crippen molar-refractivity contribution in [3.05, 3.63) is 35.9 Å². The van der Waals surface area contributed by atoms with Crippen LogP contribution in [0.25, 0.3) is 0 Å². The zero-order chi connectivity index (χ0) is 17.4. The van der Waals surface area contributed by atoms with Crippen LogP contribution in [-0.4, -0.2) is 62.0 Å². The van der Waals surface area contributed by atoms with Gasteiger partial charge in [0.25, 0.3) is 0 Å². The number of likely N-dealkylation sites (tertiary alicyclic amines) is 1. The van der Waals surface area contributed by atoms with E-state index in [0.29, 0.717) is 26.2 Å². The molecule has 6 nitrogen and oxygen atoms in total. The van der Waals surface area contributed by atoms with E-state index in [1.54, 1.807) is 4.90 Å². The van der Waals surface area contributed by atoms with Crippen molar-refractivity contribution < 1.29 is 9.59 Å². The average Bonchev–Trinajstić information content (AvgIpc) is 2.62. The largest absolute Gasteiger partial charge is 0.355 e. The predicted molar refractivity (Wildman–Crippen MR) is 94.5 cm³/mol. The fraction of sp³-hybridized carbons (Fsp3) is 0.556. The van der Waals surface area contributed by atoms with Crippen LogP contribution in [0.1, 0.15) is 18.4 Å². The lowest BCUT2D eigenvalue weighted by atomic mass is 9.96. The highest BCUT2D eigenvalue weighted by Crippen LogP contribution is 2.18. The van der Waals surface area contributed by atoms with Gasteiger partial charge in [-0.2, -0.15) is 0 Å². The maximum Gasteiger partial charge on any atom is 0.320 e. The van der Waals surface area contributed by atoms with Crippen molar-refractivity contribution >= 4 is 11.9 Å². The molecule has 0 bridgehead atoms. The molecule has 0 spiro atoms. The first-order valence-electron chi connectivity index (χ1n) is 8.58. The van der Waals surface area contributed by atoms with Crippen LogP contribution in [0.5, 0.6) is 0 Å². The quantitative estimate of drug-likeness (QED) is 0.772.